The number of hydrogen-bond donors (Lipinski definition) is 0. The first-order valence-electron chi connectivity index (χ1n) is 5.85. The molecule has 1 unspecified atom stereocenters. The van der Waals surface area contributed by atoms with Gasteiger partial charge >= 0.3 is 6.18 Å². The van der Waals surface area contributed by atoms with Crippen molar-refractivity contribution in [3.05, 3.63) is 42.0 Å². The molecule has 0 aliphatic rings. The number of halogens is 3. The van der Waals surface area contributed by atoms with Gasteiger partial charge < -0.3 is 4.74 Å². The molecule has 0 amide bonds. The third-order valence-corrected chi connectivity index (χ3v) is 2.69. The number of benzene rings is 1. The summed E-state index contributed by atoms with van der Waals surface area (Å²) in [5.74, 6) is 0.464. The molecule has 0 radical (unpaired) electrons. The molecule has 1 aromatic rings. The van der Waals surface area contributed by atoms with Gasteiger partial charge in [-0.1, -0.05) is 13.0 Å². The average molecular weight is 258 g/mol. The highest BCUT2D eigenvalue weighted by Crippen LogP contribution is 2.36. The van der Waals surface area contributed by atoms with Crippen LogP contribution in [0.2, 0.25) is 0 Å². The lowest BCUT2D eigenvalue weighted by atomic mass is 9.95. The Morgan fingerprint density at radius 3 is 2.56 bits per heavy atom. The minimum absolute atomic E-state index is 0.0497. The summed E-state index contributed by atoms with van der Waals surface area (Å²) in [5, 5.41) is 0. The van der Waals surface area contributed by atoms with Gasteiger partial charge in [-0.25, -0.2) is 0 Å². The number of alkyl halides is 3. The molecule has 1 rings (SSSR count). The second kappa shape index (κ2) is 5.94. The second-order valence-electron chi connectivity index (χ2n) is 4.11. The molecule has 1 nitrogen and oxygen atoms in total. The molecule has 0 spiro atoms. The summed E-state index contributed by atoms with van der Waals surface area (Å²) in [6, 6.07) is 3.61. The Balaban J connectivity index is 3.19. The van der Waals surface area contributed by atoms with Crippen LogP contribution in [0.25, 0.3) is 0 Å². The van der Waals surface area contributed by atoms with Crippen LogP contribution in [-0.2, 0) is 6.18 Å². The Bertz CT molecular complexity index is 410. The highest BCUT2D eigenvalue weighted by atomic mass is 19.4. The van der Waals surface area contributed by atoms with Gasteiger partial charge in [-0.15, -0.1) is 6.58 Å². The summed E-state index contributed by atoms with van der Waals surface area (Å²) >= 11 is 0. The van der Waals surface area contributed by atoms with E-state index >= 15 is 0 Å². The molecule has 0 saturated heterocycles. The molecule has 0 fully saturated rings. The minimum Gasteiger partial charge on any atom is -0.494 e. The van der Waals surface area contributed by atoms with Crippen LogP contribution in [0.3, 0.4) is 0 Å². The molecule has 0 saturated carbocycles. The lowest BCUT2D eigenvalue weighted by Crippen LogP contribution is -2.08. The average Bonchev–Trinajstić information content (AvgIpc) is 2.28. The Morgan fingerprint density at radius 2 is 2.06 bits per heavy atom. The van der Waals surface area contributed by atoms with Crippen molar-refractivity contribution in [1.82, 2.24) is 0 Å². The Kier molecular flexibility index (Phi) is 4.82. The Hall–Kier alpha value is -1.45. The molecule has 0 bridgehead atoms. The van der Waals surface area contributed by atoms with Crippen LogP contribution >= 0.6 is 0 Å². The molecule has 0 aromatic heterocycles. The summed E-state index contributed by atoms with van der Waals surface area (Å²) in [7, 11) is 0. The molecule has 0 N–H and O–H groups in total. The van der Waals surface area contributed by atoms with E-state index in [0.717, 1.165) is 6.07 Å². The summed E-state index contributed by atoms with van der Waals surface area (Å²) in [6.07, 6.45) is -2.02. The fourth-order valence-corrected chi connectivity index (χ4v) is 1.77. The van der Waals surface area contributed by atoms with Crippen LogP contribution in [-0.4, -0.2) is 6.61 Å². The van der Waals surface area contributed by atoms with Gasteiger partial charge in [0.2, 0.25) is 0 Å². The van der Waals surface area contributed by atoms with Gasteiger partial charge in [0.15, 0.2) is 0 Å². The van der Waals surface area contributed by atoms with Crippen molar-refractivity contribution in [1.29, 1.82) is 0 Å². The maximum atomic E-state index is 12.7. The van der Waals surface area contributed by atoms with Crippen molar-refractivity contribution >= 4 is 0 Å². The van der Waals surface area contributed by atoms with Gasteiger partial charge in [0.25, 0.3) is 0 Å². The van der Waals surface area contributed by atoms with E-state index in [4.69, 9.17) is 4.74 Å². The molecule has 0 aliphatic heterocycles. The van der Waals surface area contributed by atoms with E-state index in [0.29, 0.717) is 24.3 Å². The number of hydrogen-bond acceptors (Lipinski definition) is 1. The van der Waals surface area contributed by atoms with E-state index in [1.54, 1.807) is 13.0 Å². The van der Waals surface area contributed by atoms with Crippen LogP contribution in [0, 0.1) is 0 Å². The molecule has 4 heteroatoms. The second-order valence-corrected chi connectivity index (χ2v) is 4.11. The first-order valence-corrected chi connectivity index (χ1v) is 5.85. The van der Waals surface area contributed by atoms with Gasteiger partial charge in [0.1, 0.15) is 5.75 Å². The van der Waals surface area contributed by atoms with Crippen LogP contribution in [0.4, 0.5) is 13.2 Å². The monoisotopic (exact) mass is 258 g/mol. The van der Waals surface area contributed by atoms with Crippen molar-refractivity contribution in [3.63, 3.8) is 0 Å². The smallest absolute Gasteiger partial charge is 0.416 e. The molecule has 1 atom stereocenters. The van der Waals surface area contributed by atoms with Crippen molar-refractivity contribution in [2.75, 3.05) is 6.61 Å². The summed E-state index contributed by atoms with van der Waals surface area (Å²) in [6.45, 7) is 7.71. The third kappa shape index (κ3) is 3.52. The van der Waals surface area contributed by atoms with Crippen molar-refractivity contribution in [2.45, 2.75) is 32.4 Å². The van der Waals surface area contributed by atoms with Crippen molar-refractivity contribution < 1.29 is 17.9 Å². The van der Waals surface area contributed by atoms with Crippen LogP contribution in [0.5, 0.6) is 5.75 Å². The highest BCUT2D eigenvalue weighted by Gasteiger charge is 2.31. The lowest BCUT2D eigenvalue weighted by molar-refractivity contribution is -0.137. The molecular formula is C14H17F3O. The summed E-state index contributed by atoms with van der Waals surface area (Å²) in [5.41, 5.74) is -0.0663. The van der Waals surface area contributed by atoms with Gasteiger partial charge in [0.05, 0.1) is 12.2 Å². The largest absolute Gasteiger partial charge is 0.494 e. The summed E-state index contributed by atoms with van der Waals surface area (Å²) < 4.78 is 43.4. The van der Waals surface area contributed by atoms with Crippen LogP contribution in [0.1, 0.15) is 37.3 Å². The first kappa shape index (κ1) is 14.6. The lowest BCUT2D eigenvalue weighted by Gasteiger charge is -2.17. The van der Waals surface area contributed by atoms with E-state index < -0.39 is 11.7 Å². The third-order valence-electron chi connectivity index (χ3n) is 2.69. The summed E-state index contributed by atoms with van der Waals surface area (Å²) in [4.78, 5) is 0. The molecule has 100 valence electrons. The Labute approximate surface area is 105 Å². The number of ether oxygens (including phenoxy) is 1. The number of rotatable bonds is 5. The predicted octanol–water partition coefficient (Wildman–Crippen LogP) is 4.78. The van der Waals surface area contributed by atoms with E-state index in [1.165, 1.54) is 12.1 Å². The molecule has 0 heterocycles. The minimum atomic E-state index is -4.33. The van der Waals surface area contributed by atoms with Gasteiger partial charge in [0, 0.05) is 0 Å². The SMILES string of the molecule is C=CCC(C)c1cc(C(F)(F)F)ccc1OCC. The standard InChI is InChI=1S/C14H17F3O/c1-4-6-10(3)12-9-11(14(15,16)17)7-8-13(12)18-5-2/h4,7-10H,1,5-6H2,2-3H3. The van der Waals surface area contributed by atoms with Crippen molar-refractivity contribution in [3.8, 4) is 5.75 Å². The topological polar surface area (TPSA) is 9.23 Å². The van der Waals surface area contributed by atoms with E-state index in [-0.39, 0.29) is 5.92 Å². The zero-order valence-electron chi connectivity index (χ0n) is 10.6. The fourth-order valence-electron chi connectivity index (χ4n) is 1.77. The van der Waals surface area contributed by atoms with Crippen LogP contribution in [0.15, 0.2) is 30.9 Å². The van der Waals surface area contributed by atoms with Gasteiger partial charge in [-0.05, 0) is 43.0 Å². The maximum absolute atomic E-state index is 12.7. The van der Waals surface area contributed by atoms with E-state index in [9.17, 15) is 13.2 Å². The molecule has 1 aromatic carbocycles. The molecule has 18 heavy (non-hydrogen) atoms. The van der Waals surface area contributed by atoms with Crippen molar-refractivity contribution in [2.24, 2.45) is 0 Å². The predicted molar refractivity (Wildman–Crippen MR) is 65.8 cm³/mol. The molecule has 0 aliphatic carbocycles. The normalized spacial score (nSPS) is 13.2. The van der Waals surface area contributed by atoms with E-state index in [2.05, 4.69) is 6.58 Å². The van der Waals surface area contributed by atoms with Gasteiger partial charge in [-0.2, -0.15) is 13.2 Å². The maximum Gasteiger partial charge on any atom is 0.416 e. The highest BCUT2D eigenvalue weighted by molar-refractivity contribution is 5.40. The first-order chi connectivity index (χ1) is 8.40. The molecular weight excluding hydrogens is 241 g/mol. The van der Waals surface area contributed by atoms with E-state index in [1.807, 2.05) is 6.92 Å². The van der Waals surface area contributed by atoms with Crippen LogP contribution < -0.4 is 4.74 Å². The van der Waals surface area contributed by atoms with Gasteiger partial charge in [-0.3, -0.25) is 0 Å². The zero-order chi connectivity index (χ0) is 13.8. The fraction of sp³-hybridized carbons (Fsp3) is 0.429. The Morgan fingerprint density at radius 1 is 1.39 bits per heavy atom. The number of allylic oxidation sites excluding steroid dienone is 1. The quantitative estimate of drug-likeness (QED) is 0.690. The zero-order valence-corrected chi connectivity index (χ0v) is 10.6.